The molecular formula is C13H19BrN2O. The second-order valence-corrected chi connectivity index (χ2v) is 5.44. The summed E-state index contributed by atoms with van der Waals surface area (Å²) in [7, 11) is 0. The van der Waals surface area contributed by atoms with Gasteiger partial charge in [-0.15, -0.1) is 0 Å². The van der Waals surface area contributed by atoms with Crippen LogP contribution in [0.25, 0.3) is 0 Å². The lowest BCUT2D eigenvalue weighted by Crippen LogP contribution is -2.45. The van der Waals surface area contributed by atoms with Gasteiger partial charge in [0, 0.05) is 29.4 Å². The van der Waals surface area contributed by atoms with Gasteiger partial charge in [0.15, 0.2) is 0 Å². The third-order valence-corrected chi connectivity index (χ3v) is 3.53. The number of hydrogen-bond donors (Lipinski definition) is 2. The average molecular weight is 299 g/mol. The monoisotopic (exact) mass is 298 g/mol. The molecule has 1 aliphatic rings. The van der Waals surface area contributed by atoms with Crippen molar-refractivity contribution >= 4 is 21.6 Å². The minimum absolute atomic E-state index is 0.463. The number of anilines is 1. The average Bonchev–Trinajstić information content (AvgIpc) is 2.19. The molecule has 0 spiro atoms. The number of halogens is 1. The molecule has 0 radical (unpaired) electrons. The Morgan fingerprint density at radius 3 is 2.82 bits per heavy atom. The Balaban J connectivity index is 1.76. The molecule has 1 aromatic rings. The van der Waals surface area contributed by atoms with Crippen LogP contribution in [0, 0.1) is 0 Å². The van der Waals surface area contributed by atoms with Crippen LogP contribution in [-0.4, -0.2) is 18.8 Å². The molecule has 4 heteroatoms. The van der Waals surface area contributed by atoms with Crippen molar-refractivity contribution in [2.75, 3.05) is 12.3 Å². The van der Waals surface area contributed by atoms with Crippen molar-refractivity contribution in [1.82, 2.24) is 5.32 Å². The van der Waals surface area contributed by atoms with Gasteiger partial charge in [-0.1, -0.05) is 15.9 Å². The summed E-state index contributed by atoms with van der Waals surface area (Å²) in [6.45, 7) is 3.73. The molecule has 1 fully saturated rings. The smallest absolute Gasteiger partial charge is 0.0604 e. The molecule has 1 saturated carbocycles. The fourth-order valence-corrected chi connectivity index (χ4v) is 2.70. The third kappa shape index (κ3) is 3.69. The van der Waals surface area contributed by atoms with Crippen LogP contribution in [0.1, 0.15) is 25.3 Å². The molecular weight excluding hydrogens is 280 g/mol. The first kappa shape index (κ1) is 12.9. The zero-order valence-electron chi connectivity index (χ0n) is 10.1. The molecule has 3 nitrogen and oxygen atoms in total. The van der Waals surface area contributed by atoms with Gasteiger partial charge in [0.25, 0.3) is 0 Å². The Hall–Kier alpha value is -0.580. The van der Waals surface area contributed by atoms with Crippen LogP contribution in [-0.2, 0) is 11.3 Å². The molecule has 0 unspecified atom stereocenters. The molecule has 1 aromatic carbocycles. The molecule has 94 valence electrons. The van der Waals surface area contributed by atoms with Crippen LogP contribution >= 0.6 is 15.9 Å². The third-order valence-electron chi connectivity index (χ3n) is 3.07. The second kappa shape index (κ2) is 5.85. The maximum atomic E-state index is 5.80. The van der Waals surface area contributed by atoms with Crippen LogP contribution < -0.4 is 11.1 Å². The summed E-state index contributed by atoms with van der Waals surface area (Å²) < 4.78 is 6.57. The number of nitrogens with two attached hydrogens (primary N) is 1. The van der Waals surface area contributed by atoms with E-state index in [1.165, 1.54) is 5.56 Å². The van der Waals surface area contributed by atoms with E-state index in [0.29, 0.717) is 12.1 Å². The molecule has 0 aliphatic heterocycles. The molecule has 0 bridgehead atoms. The van der Waals surface area contributed by atoms with E-state index in [0.717, 1.165) is 36.2 Å². The van der Waals surface area contributed by atoms with E-state index in [2.05, 4.69) is 27.3 Å². The summed E-state index contributed by atoms with van der Waals surface area (Å²) in [4.78, 5) is 0. The zero-order chi connectivity index (χ0) is 12.3. The number of ether oxygens (including phenoxy) is 1. The van der Waals surface area contributed by atoms with Crippen LogP contribution in [0.5, 0.6) is 0 Å². The van der Waals surface area contributed by atoms with E-state index < -0.39 is 0 Å². The lowest BCUT2D eigenvalue weighted by Gasteiger charge is -2.35. The van der Waals surface area contributed by atoms with Gasteiger partial charge in [0.2, 0.25) is 0 Å². The zero-order valence-corrected chi connectivity index (χ0v) is 11.7. The molecule has 0 heterocycles. The summed E-state index contributed by atoms with van der Waals surface area (Å²) in [5, 5.41) is 3.52. The van der Waals surface area contributed by atoms with Gasteiger partial charge < -0.3 is 15.8 Å². The van der Waals surface area contributed by atoms with Crippen molar-refractivity contribution in [2.45, 2.75) is 38.5 Å². The van der Waals surface area contributed by atoms with E-state index >= 15 is 0 Å². The van der Waals surface area contributed by atoms with Gasteiger partial charge in [0.1, 0.15) is 0 Å². The van der Waals surface area contributed by atoms with Crippen molar-refractivity contribution < 1.29 is 4.74 Å². The number of hydrogen-bond acceptors (Lipinski definition) is 3. The highest BCUT2D eigenvalue weighted by Gasteiger charge is 2.28. The quantitative estimate of drug-likeness (QED) is 0.822. The Labute approximate surface area is 111 Å². The van der Waals surface area contributed by atoms with Crippen molar-refractivity contribution in [1.29, 1.82) is 0 Å². The predicted molar refractivity (Wildman–Crippen MR) is 73.8 cm³/mol. The first-order valence-corrected chi connectivity index (χ1v) is 6.86. The Morgan fingerprint density at radius 2 is 2.18 bits per heavy atom. The summed E-state index contributed by atoms with van der Waals surface area (Å²) in [6.07, 6.45) is 2.71. The molecule has 17 heavy (non-hydrogen) atoms. The van der Waals surface area contributed by atoms with Crippen molar-refractivity contribution in [2.24, 2.45) is 0 Å². The topological polar surface area (TPSA) is 47.3 Å². The number of nitrogen functional groups attached to an aromatic ring is 1. The van der Waals surface area contributed by atoms with E-state index in [-0.39, 0.29) is 0 Å². The van der Waals surface area contributed by atoms with Crippen molar-refractivity contribution in [3.05, 3.63) is 28.2 Å². The Kier molecular flexibility index (Phi) is 4.42. The molecule has 0 amide bonds. The van der Waals surface area contributed by atoms with Gasteiger partial charge in [-0.2, -0.15) is 0 Å². The molecule has 2 rings (SSSR count). The minimum Gasteiger partial charge on any atom is -0.399 e. The van der Waals surface area contributed by atoms with Gasteiger partial charge in [-0.05, 0) is 43.5 Å². The predicted octanol–water partition coefficient (Wildman–Crippen LogP) is 2.69. The first-order valence-electron chi connectivity index (χ1n) is 6.07. The first-order chi connectivity index (χ1) is 8.17. The summed E-state index contributed by atoms with van der Waals surface area (Å²) >= 11 is 3.45. The molecule has 0 saturated heterocycles. The SMILES string of the molecule is CCOC1CC(NCc2cc(N)cc(Br)c2)C1. The number of rotatable bonds is 5. The normalized spacial score (nSPS) is 23.4. The van der Waals surface area contributed by atoms with E-state index in [1.807, 2.05) is 19.1 Å². The maximum absolute atomic E-state index is 5.80. The lowest BCUT2D eigenvalue weighted by molar-refractivity contribution is -0.0102. The molecule has 1 aliphatic carbocycles. The van der Waals surface area contributed by atoms with Crippen LogP contribution in [0.15, 0.2) is 22.7 Å². The fourth-order valence-electron chi connectivity index (χ4n) is 2.14. The van der Waals surface area contributed by atoms with Gasteiger partial charge >= 0.3 is 0 Å². The van der Waals surface area contributed by atoms with Gasteiger partial charge in [-0.25, -0.2) is 0 Å². The van der Waals surface area contributed by atoms with E-state index in [4.69, 9.17) is 10.5 Å². The minimum atomic E-state index is 0.463. The highest BCUT2D eigenvalue weighted by atomic mass is 79.9. The van der Waals surface area contributed by atoms with Crippen molar-refractivity contribution in [3.8, 4) is 0 Å². The summed E-state index contributed by atoms with van der Waals surface area (Å²) in [5.41, 5.74) is 7.82. The molecule has 0 aromatic heterocycles. The standard InChI is InChI=1S/C13H19BrN2O/c1-2-17-13-6-12(7-13)16-8-9-3-10(14)5-11(15)4-9/h3-5,12-13,16H,2,6-8,15H2,1H3. The van der Waals surface area contributed by atoms with Crippen LogP contribution in [0.4, 0.5) is 5.69 Å². The maximum Gasteiger partial charge on any atom is 0.0604 e. The molecule has 3 N–H and O–H groups in total. The number of nitrogens with one attached hydrogen (secondary N) is 1. The second-order valence-electron chi connectivity index (χ2n) is 4.52. The van der Waals surface area contributed by atoms with Gasteiger partial charge in [0.05, 0.1) is 6.10 Å². The van der Waals surface area contributed by atoms with Crippen LogP contribution in [0.2, 0.25) is 0 Å². The summed E-state index contributed by atoms with van der Waals surface area (Å²) in [5.74, 6) is 0. The lowest BCUT2D eigenvalue weighted by atomic mass is 9.89. The number of benzene rings is 1. The highest BCUT2D eigenvalue weighted by molar-refractivity contribution is 9.10. The van der Waals surface area contributed by atoms with Crippen molar-refractivity contribution in [3.63, 3.8) is 0 Å². The van der Waals surface area contributed by atoms with E-state index in [9.17, 15) is 0 Å². The largest absolute Gasteiger partial charge is 0.399 e. The van der Waals surface area contributed by atoms with Gasteiger partial charge in [-0.3, -0.25) is 0 Å². The Bertz CT molecular complexity index is 357. The highest BCUT2D eigenvalue weighted by Crippen LogP contribution is 2.24. The van der Waals surface area contributed by atoms with Crippen LogP contribution in [0.3, 0.4) is 0 Å². The fraction of sp³-hybridized carbons (Fsp3) is 0.538. The molecule has 0 atom stereocenters. The Morgan fingerprint density at radius 1 is 1.41 bits per heavy atom. The summed E-state index contributed by atoms with van der Waals surface area (Å²) in [6, 6.07) is 6.61. The van der Waals surface area contributed by atoms with E-state index in [1.54, 1.807) is 0 Å².